The molecule has 1 N–H and O–H groups in total. The number of aryl methyl sites for hydroxylation is 1. The highest BCUT2D eigenvalue weighted by Gasteiger charge is 2.23. The smallest absolute Gasteiger partial charge is 0.244 e. The summed E-state index contributed by atoms with van der Waals surface area (Å²) in [5.41, 5.74) is 2.31. The fourth-order valence-corrected chi connectivity index (χ4v) is 4.06. The van der Waals surface area contributed by atoms with Gasteiger partial charge in [-0.05, 0) is 37.9 Å². The van der Waals surface area contributed by atoms with Gasteiger partial charge in [0.15, 0.2) is 0 Å². The maximum Gasteiger partial charge on any atom is 0.244 e. The maximum absolute atomic E-state index is 5.54. The van der Waals surface area contributed by atoms with Gasteiger partial charge >= 0.3 is 0 Å². The van der Waals surface area contributed by atoms with Crippen LogP contribution in [0.5, 0.6) is 0 Å². The Morgan fingerprint density at radius 3 is 2.82 bits per heavy atom. The first-order valence-corrected chi connectivity index (χ1v) is 10.5. The second-order valence-electron chi connectivity index (χ2n) is 7.62. The van der Waals surface area contributed by atoms with Crippen LogP contribution in [0.1, 0.15) is 70.2 Å². The van der Waals surface area contributed by atoms with E-state index in [9.17, 15) is 0 Å². The lowest BCUT2D eigenvalue weighted by Crippen LogP contribution is -2.12. The van der Waals surface area contributed by atoms with Crippen LogP contribution in [0.25, 0.3) is 22.3 Å². The molecule has 2 aromatic heterocycles. The largest absolute Gasteiger partial charge is 0.347 e. The third kappa shape index (κ3) is 4.58. The number of hydrogen-bond donors (Lipinski definition) is 1. The van der Waals surface area contributed by atoms with Crippen LogP contribution in [-0.2, 0) is 6.54 Å². The molecule has 152 valence electrons. The van der Waals surface area contributed by atoms with Crippen molar-refractivity contribution in [3.63, 3.8) is 0 Å². The lowest BCUT2D eigenvalue weighted by molar-refractivity contribution is 0.345. The predicted molar refractivity (Wildman–Crippen MR) is 116 cm³/mol. The Hall–Kier alpha value is -1.85. The quantitative estimate of drug-likeness (QED) is 0.453. The van der Waals surface area contributed by atoms with Gasteiger partial charge in [0, 0.05) is 29.2 Å². The highest BCUT2D eigenvalue weighted by molar-refractivity contribution is 5.93. The molecule has 1 saturated heterocycles. The molecule has 28 heavy (non-hydrogen) atoms. The zero-order valence-electron chi connectivity index (χ0n) is 16.7. The summed E-state index contributed by atoms with van der Waals surface area (Å²) in [5, 5.41) is 8.88. The number of nitrogens with zero attached hydrogens (tertiary/aromatic N) is 3. The molecular weight excluding hydrogens is 372 g/mol. The van der Waals surface area contributed by atoms with E-state index >= 15 is 0 Å². The Labute approximate surface area is 173 Å². The van der Waals surface area contributed by atoms with E-state index in [0.29, 0.717) is 11.7 Å². The number of unbranched alkanes of at least 4 members (excludes halogenated alkanes) is 5. The fourth-order valence-electron chi connectivity index (χ4n) is 4.06. The topological polar surface area (TPSA) is 55.9 Å². The molecule has 1 aromatic carbocycles. The average Bonchev–Trinajstić information content (AvgIpc) is 3.44. The highest BCUT2D eigenvalue weighted by Crippen LogP contribution is 2.30. The van der Waals surface area contributed by atoms with Crippen LogP contribution in [0.4, 0.5) is 0 Å². The van der Waals surface area contributed by atoms with Crippen molar-refractivity contribution in [1.29, 1.82) is 0 Å². The molecule has 0 bridgehead atoms. The summed E-state index contributed by atoms with van der Waals surface area (Å²) in [6.07, 6.45) is 12.3. The van der Waals surface area contributed by atoms with Crippen LogP contribution in [-0.4, -0.2) is 21.3 Å². The SMILES string of the molecule is CCCCCCCCn1ccc2c(-c3noc(C4CCCN4)n3)cccc21.Cl. The standard InChI is InChI=1S/C22H30N4O.ClH/c1-2-3-4-5-6-7-15-26-16-13-17-18(10-8-12-20(17)26)21-24-22(27-25-21)19-11-9-14-23-19;/h8,10,12-13,16,19,23H,2-7,9,11,14-15H2,1H3;1H. The third-order valence-electron chi connectivity index (χ3n) is 5.61. The van der Waals surface area contributed by atoms with E-state index in [2.05, 4.69) is 57.4 Å². The molecule has 5 nitrogen and oxygen atoms in total. The van der Waals surface area contributed by atoms with Gasteiger partial charge in [0.1, 0.15) is 0 Å². The molecular formula is C22H31ClN4O. The van der Waals surface area contributed by atoms with Gasteiger partial charge in [-0.3, -0.25) is 0 Å². The normalized spacial score (nSPS) is 16.5. The van der Waals surface area contributed by atoms with E-state index in [1.807, 2.05) is 0 Å². The first-order chi connectivity index (χ1) is 13.4. The summed E-state index contributed by atoms with van der Waals surface area (Å²) >= 11 is 0. The van der Waals surface area contributed by atoms with Gasteiger partial charge in [0.25, 0.3) is 0 Å². The number of fused-ring (bicyclic) bond motifs is 1. The fraction of sp³-hybridized carbons (Fsp3) is 0.545. The second-order valence-corrected chi connectivity index (χ2v) is 7.62. The molecule has 1 aliphatic rings. The molecule has 0 amide bonds. The van der Waals surface area contributed by atoms with Crippen molar-refractivity contribution in [2.45, 2.75) is 70.9 Å². The second kappa shape index (κ2) is 10.1. The molecule has 3 aromatic rings. The van der Waals surface area contributed by atoms with Crippen molar-refractivity contribution in [1.82, 2.24) is 20.0 Å². The average molecular weight is 403 g/mol. The van der Waals surface area contributed by atoms with Crippen molar-refractivity contribution < 1.29 is 4.52 Å². The minimum Gasteiger partial charge on any atom is -0.347 e. The molecule has 6 heteroatoms. The molecule has 1 atom stereocenters. The third-order valence-corrected chi connectivity index (χ3v) is 5.61. The van der Waals surface area contributed by atoms with Gasteiger partial charge in [-0.15, -0.1) is 12.4 Å². The van der Waals surface area contributed by atoms with Gasteiger partial charge in [-0.25, -0.2) is 0 Å². The van der Waals surface area contributed by atoms with E-state index in [1.165, 1.54) is 55.8 Å². The molecule has 0 spiro atoms. The Kier molecular flexibility index (Phi) is 7.51. The summed E-state index contributed by atoms with van der Waals surface area (Å²) in [7, 11) is 0. The van der Waals surface area contributed by atoms with E-state index in [1.54, 1.807) is 0 Å². The molecule has 0 saturated carbocycles. The molecule has 1 unspecified atom stereocenters. The van der Waals surface area contributed by atoms with E-state index < -0.39 is 0 Å². The maximum atomic E-state index is 5.54. The van der Waals surface area contributed by atoms with Gasteiger partial charge in [-0.2, -0.15) is 4.98 Å². The summed E-state index contributed by atoms with van der Waals surface area (Å²) in [6.45, 7) is 4.36. The number of benzene rings is 1. The summed E-state index contributed by atoms with van der Waals surface area (Å²) in [6, 6.07) is 8.77. The van der Waals surface area contributed by atoms with Crippen LogP contribution in [0.3, 0.4) is 0 Å². The molecule has 0 radical (unpaired) electrons. The van der Waals surface area contributed by atoms with Crippen LogP contribution < -0.4 is 5.32 Å². The Balaban J connectivity index is 0.00000225. The van der Waals surface area contributed by atoms with Crippen molar-refractivity contribution in [3.05, 3.63) is 36.4 Å². The monoisotopic (exact) mass is 402 g/mol. The summed E-state index contributed by atoms with van der Waals surface area (Å²) in [5.74, 6) is 1.41. The highest BCUT2D eigenvalue weighted by atomic mass is 35.5. The van der Waals surface area contributed by atoms with Crippen LogP contribution in [0.15, 0.2) is 35.0 Å². The van der Waals surface area contributed by atoms with Crippen LogP contribution >= 0.6 is 12.4 Å². The first-order valence-electron chi connectivity index (χ1n) is 10.5. The lowest BCUT2D eigenvalue weighted by atomic mass is 10.1. The van der Waals surface area contributed by atoms with Gasteiger partial charge in [-0.1, -0.05) is 56.3 Å². The Morgan fingerprint density at radius 1 is 1.14 bits per heavy atom. The van der Waals surface area contributed by atoms with Crippen molar-refractivity contribution >= 4 is 23.3 Å². The number of halogens is 1. The van der Waals surface area contributed by atoms with Crippen LogP contribution in [0, 0.1) is 0 Å². The lowest BCUT2D eigenvalue weighted by Gasteiger charge is -2.06. The predicted octanol–water partition coefficient (Wildman–Crippen LogP) is 5.90. The number of rotatable bonds is 9. The molecule has 1 fully saturated rings. The Bertz CT molecular complexity index is 866. The number of aromatic nitrogens is 3. The Morgan fingerprint density at radius 2 is 2.00 bits per heavy atom. The van der Waals surface area contributed by atoms with E-state index in [0.717, 1.165) is 25.1 Å². The summed E-state index contributed by atoms with van der Waals surface area (Å²) in [4.78, 5) is 4.68. The minimum atomic E-state index is 0. The van der Waals surface area contributed by atoms with Crippen molar-refractivity contribution in [2.24, 2.45) is 0 Å². The number of nitrogens with one attached hydrogen (secondary N) is 1. The molecule has 0 aliphatic carbocycles. The van der Waals surface area contributed by atoms with Gasteiger partial charge < -0.3 is 14.4 Å². The van der Waals surface area contributed by atoms with Crippen LogP contribution in [0.2, 0.25) is 0 Å². The van der Waals surface area contributed by atoms with E-state index in [-0.39, 0.29) is 18.4 Å². The van der Waals surface area contributed by atoms with Crippen molar-refractivity contribution in [3.8, 4) is 11.4 Å². The zero-order chi connectivity index (χ0) is 18.5. The summed E-state index contributed by atoms with van der Waals surface area (Å²) < 4.78 is 7.90. The number of hydrogen-bond acceptors (Lipinski definition) is 4. The van der Waals surface area contributed by atoms with Gasteiger partial charge in [0.2, 0.25) is 11.7 Å². The molecule has 1 aliphatic heterocycles. The van der Waals surface area contributed by atoms with Gasteiger partial charge in [0.05, 0.1) is 6.04 Å². The van der Waals surface area contributed by atoms with E-state index in [4.69, 9.17) is 4.52 Å². The molecule has 4 rings (SSSR count). The van der Waals surface area contributed by atoms with Crippen molar-refractivity contribution in [2.75, 3.05) is 6.54 Å². The molecule has 3 heterocycles. The minimum absolute atomic E-state index is 0. The first kappa shape index (κ1) is 20.9. The zero-order valence-corrected chi connectivity index (χ0v) is 17.5.